The second-order valence-electron chi connectivity index (χ2n) is 8.17. The minimum atomic E-state index is -0.127. The molecule has 2 amide bonds. The number of hydrogen-bond acceptors (Lipinski definition) is 3. The van der Waals surface area contributed by atoms with Crippen molar-refractivity contribution >= 4 is 17.5 Å². The number of hydrogen-bond donors (Lipinski definition) is 1. The lowest BCUT2D eigenvalue weighted by Crippen LogP contribution is -2.39. The number of amides is 2. The highest BCUT2D eigenvalue weighted by Crippen LogP contribution is 2.29. The molecule has 2 heterocycles. The summed E-state index contributed by atoms with van der Waals surface area (Å²) in [6, 6.07) is 21.6. The summed E-state index contributed by atoms with van der Waals surface area (Å²) >= 11 is 0. The lowest BCUT2D eigenvalue weighted by molar-refractivity contribution is -0.114. The number of benzene rings is 2. The van der Waals surface area contributed by atoms with Crippen LogP contribution in [0, 0.1) is 6.92 Å². The predicted octanol–water partition coefficient (Wildman–Crippen LogP) is 5.04. The highest BCUT2D eigenvalue weighted by atomic mass is 16.2. The smallest absolute Gasteiger partial charge is 0.253 e. The van der Waals surface area contributed by atoms with E-state index in [4.69, 9.17) is 4.98 Å². The van der Waals surface area contributed by atoms with Crippen LogP contribution < -0.4 is 5.32 Å². The van der Waals surface area contributed by atoms with Crippen LogP contribution in [0.2, 0.25) is 0 Å². The van der Waals surface area contributed by atoms with Crippen LogP contribution in [-0.2, 0) is 4.79 Å². The molecule has 0 unspecified atom stereocenters. The van der Waals surface area contributed by atoms with E-state index >= 15 is 0 Å². The van der Waals surface area contributed by atoms with Crippen molar-refractivity contribution in [2.45, 2.75) is 32.6 Å². The first-order chi connectivity index (χ1) is 15.0. The van der Waals surface area contributed by atoms with E-state index in [0.717, 1.165) is 36.3 Å². The van der Waals surface area contributed by atoms with Crippen molar-refractivity contribution in [2.75, 3.05) is 18.4 Å². The van der Waals surface area contributed by atoms with E-state index in [2.05, 4.69) is 48.6 Å². The SMILES string of the molecule is CC(=O)Nc1ccc(C(=O)N2CCC[C@H](c3cccc(-c4cccc(C)c4)n3)C2)cc1. The van der Waals surface area contributed by atoms with Gasteiger partial charge >= 0.3 is 0 Å². The van der Waals surface area contributed by atoms with Crippen molar-refractivity contribution in [2.24, 2.45) is 0 Å². The number of carbonyl (C=O) groups is 2. The van der Waals surface area contributed by atoms with E-state index < -0.39 is 0 Å². The summed E-state index contributed by atoms with van der Waals surface area (Å²) in [5, 5.41) is 2.73. The molecule has 4 rings (SSSR count). The third-order valence-electron chi connectivity index (χ3n) is 5.66. The standard InChI is InChI=1S/C26H27N3O2/c1-18-6-3-7-21(16-18)24-9-4-10-25(28-24)22-8-5-15-29(17-22)26(31)20-11-13-23(14-12-20)27-19(2)30/h3-4,6-7,9-14,16,22H,5,8,15,17H2,1-2H3,(H,27,30)/t22-/m0/s1. The summed E-state index contributed by atoms with van der Waals surface area (Å²) in [6.07, 6.45) is 1.98. The molecule has 5 heteroatoms. The Hall–Kier alpha value is -3.47. The fraction of sp³-hybridized carbons (Fsp3) is 0.269. The number of aromatic nitrogens is 1. The fourth-order valence-electron chi connectivity index (χ4n) is 4.13. The number of rotatable bonds is 4. The van der Waals surface area contributed by atoms with Gasteiger partial charge in [0, 0.05) is 48.4 Å². The Morgan fingerprint density at radius 2 is 1.81 bits per heavy atom. The van der Waals surface area contributed by atoms with E-state index in [1.54, 1.807) is 24.3 Å². The average Bonchev–Trinajstić information content (AvgIpc) is 2.79. The van der Waals surface area contributed by atoms with E-state index in [9.17, 15) is 9.59 Å². The van der Waals surface area contributed by atoms with Gasteiger partial charge in [-0.15, -0.1) is 0 Å². The molecule has 31 heavy (non-hydrogen) atoms. The normalized spacial score (nSPS) is 16.1. The molecule has 1 aromatic heterocycles. The maximum Gasteiger partial charge on any atom is 0.253 e. The van der Waals surface area contributed by atoms with Gasteiger partial charge in [-0.2, -0.15) is 0 Å². The zero-order valence-corrected chi connectivity index (χ0v) is 18.0. The molecular weight excluding hydrogens is 386 g/mol. The molecule has 1 atom stereocenters. The minimum Gasteiger partial charge on any atom is -0.338 e. The molecule has 0 radical (unpaired) electrons. The van der Waals surface area contributed by atoms with Gasteiger partial charge in [0.15, 0.2) is 0 Å². The first-order valence-corrected chi connectivity index (χ1v) is 10.7. The summed E-state index contributed by atoms with van der Waals surface area (Å²) in [5.74, 6) is 0.119. The first-order valence-electron chi connectivity index (χ1n) is 10.7. The number of nitrogens with one attached hydrogen (secondary N) is 1. The zero-order valence-electron chi connectivity index (χ0n) is 18.0. The molecule has 1 N–H and O–H groups in total. The molecule has 3 aromatic rings. The predicted molar refractivity (Wildman–Crippen MR) is 123 cm³/mol. The minimum absolute atomic E-state index is 0.0221. The van der Waals surface area contributed by atoms with Gasteiger partial charge in [-0.1, -0.05) is 29.8 Å². The van der Waals surface area contributed by atoms with Crippen LogP contribution in [-0.4, -0.2) is 34.8 Å². The van der Waals surface area contributed by atoms with Crippen LogP contribution >= 0.6 is 0 Å². The Bertz CT molecular complexity index is 1090. The van der Waals surface area contributed by atoms with Gasteiger partial charge in [0.2, 0.25) is 5.91 Å². The number of carbonyl (C=O) groups excluding carboxylic acids is 2. The van der Waals surface area contributed by atoms with Gasteiger partial charge in [-0.25, -0.2) is 0 Å². The largest absolute Gasteiger partial charge is 0.338 e. The van der Waals surface area contributed by atoms with Crippen molar-refractivity contribution < 1.29 is 9.59 Å². The van der Waals surface area contributed by atoms with Gasteiger partial charge < -0.3 is 10.2 Å². The number of nitrogens with zero attached hydrogens (tertiary/aromatic N) is 2. The monoisotopic (exact) mass is 413 g/mol. The van der Waals surface area contributed by atoms with Gasteiger partial charge in [-0.05, 0) is 62.2 Å². The Labute approximate surface area is 183 Å². The molecule has 0 spiro atoms. The van der Waals surface area contributed by atoms with Gasteiger partial charge in [0.1, 0.15) is 0 Å². The second-order valence-corrected chi connectivity index (χ2v) is 8.17. The van der Waals surface area contributed by atoms with Crippen LogP contribution in [0.5, 0.6) is 0 Å². The number of piperidine rings is 1. The molecule has 1 aliphatic rings. The van der Waals surface area contributed by atoms with Crippen molar-refractivity contribution in [3.05, 3.63) is 83.6 Å². The molecule has 5 nitrogen and oxygen atoms in total. The Balaban J connectivity index is 1.49. The first kappa shape index (κ1) is 20.8. The molecule has 1 saturated heterocycles. The Morgan fingerprint density at radius 1 is 1.03 bits per heavy atom. The molecule has 2 aromatic carbocycles. The molecular formula is C26H27N3O2. The third kappa shape index (κ3) is 5.00. The topological polar surface area (TPSA) is 62.3 Å². The average molecular weight is 414 g/mol. The summed E-state index contributed by atoms with van der Waals surface area (Å²) in [6.45, 7) is 4.96. The highest BCUT2D eigenvalue weighted by Gasteiger charge is 2.26. The molecule has 0 saturated carbocycles. The summed E-state index contributed by atoms with van der Waals surface area (Å²) in [5.41, 5.74) is 5.66. The lowest BCUT2D eigenvalue weighted by atomic mass is 9.93. The van der Waals surface area contributed by atoms with Crippen LogP contribution in [0.15, 0.2) is 66.7 Å². The van der Waals surface area contributed by atoms with E-state index in [0.29, 0.717) is 17.8 Å². The lowest BCUT2D eigenvalue weighted by Gasteiger charge is -2.32. The highest BCUT2D eigenvalue weighted by molar-refractivity contribution is 5.95. The zero-order chi connectivity index (χ0) is 21.8. The second kappa shape index (κ2) is 9.13. The van der Waals surface area contributed by atoms with E-state index in [1.165, 1.54) is 12.5 Å². The maximum absolute atomic E-state index is 13.1. The summed E-state index contributed by atoms with van der Waals surface area (Å²) in [4.78, 5) is 31.1. The van der Waals surface area contributed by atoms with E-state index in [1.807, 2.05) is 11.0 Å². The van der Waals surface area contributed by atoms with Crippen LogP contribution in [0.4, 0.5) is 5.69 Å². The number of anilines is 1. The number of likely N-dealkylation sites (tertiary alicyclic amines) is 1. The van der Waals surface area contributed by atoms with Crippen molar-refractivity contribution in [1.29, 1.82) is 0 Å². The van der Waals surface area contributed by atoms with Crippen molar-refractivity contribution in [1.82, 2.24) is 9.88 Å². The van der Waals surface area contributed by atoms with Crippen molar-refractivity contribution in [3.63, 3.8) is 0 Å². The van der Waals surface area contributed by atoms with Crippen LogP contribution in [0.1, 0.15) is 47.3 Å². The summed E-state index contributed by atoms with van der Waals surface area (Å²) < 4.78 is 0. The van der Waals surface area contributed by atoms with Crippen LogP contribution in [0.25, 0.3) is 11.3 Å². The van der Waals surface area contributed by atoms with Crippen molar-refractivity contribution in [3.8, 4) is 11.3 Å². The molecule has 0 bridgehead atoms. The van der Waals surface area contributed by atoms with Gasteiger partial charge in [0.25, 0.3) is 5.91 Å². The van der Waals surface area contributed by atoms with Crippen LogP contribution in [0.3, 0.4) is 0 Å². The molecule has 1 aliphatic heterocycles. The summed E-state index contributed by atoms with van der Waals surface area (Å²) in [7, 11) is 0. The fourth-order valence-corrected chi connectivity index (χ4v) is 4.13. The Kier molecular flexibility index (Phi) is 6.12. The maximum atomic E-state index is 13.1. The number of aryl methyl sites for hydroxylation is 1. The number of pyridine rings is 1. The van der Waals surface area contributed by atoms with Gasteiger partial charge in [0.05, 0.1) is 5.69 Å². The van der Waals surface area contributed by atoms with Gasteiger partial charge in [-0.3, -0.25) is 14.6 Å². The van der Waals surface area contributed by atoms with E-state index in [-0.39, 0.29) is 17.7 Å². The molecule has 1 fully saturated rings. The Morgan fingerprint density at radius 3 is 2.55 bits per heavy atom. The third-order valence-corrected chi connectivity index (χ3v) is 5.66. The molecule has 158 valence electrons. The molecule has 0 aliphatic carbocycles. The quantitative estimate of drug-likeness (QED) is 0.652.